The number of rotatable bonds is 8. The van der Waals surface area contributed by atoms with E-state index in [1.807, 2.05) is 25.1 Å². The van der Waals surface area contributed by atoms with E-state index in [0.717, 1.165) is 5.56 Å². The Kier molecular flexibility index (Phi) is 7.02. The number of aryl methyl sites for hydroxylation is 1. The SMILES string of the molecule is COc1ccc(C)cc1NC(=O)CSc1nccnc1NCc1ccccc1F. The van der Waals surface area contributed by atoms with Gasteiger partial charge in [0.1, 0.15) is 16.6 Å². The third kappa shape index (κ3) is 5.68. The first-order valence-corrected chi connectivity index (χ1v) is 9.91. The van der Waals surface area contributed by atoms with E-state index < -0.39 is 0 Å². The molecule has 6 nitrogen and oxygen atoms in total. The molecule has 0 atom stereocenters. The molecule has 0 bridgehead atoms. The molecule has 0 saturated heterocycles. The van der Waals surface area contributed by atoms with E-state index >= 15 is 0 Å². The molecular formula is C21H21FN4O2S. The second-order valence-electron chi connectivity index (χ2n) is 6.20. The fraction of sp³-hybridized carbons (Fsp3) is 0.190. The van der Waals surface area contributed by atoms with Crippen molar-refractivity contribution < 1.29 is 13.9 Å². The number of anilines is 2. The number of carbonyl (C=O) groups excluding carboxylic acids is 1. The number of amides is 1. The van der Waals surface area contributed by atoms with Crippen molar-refractivity contribution in [2.45, 2.75) is 18.5 Å². The summed E-state index contributed by atoms with van der Waals surface area (Å²) < 4.78 is 19.1. The van der Waals surface area contributed by atoms with Crippen molar-refractivity contribution in [3.63, 3.8) is 0 Å². The van der Waals surface area contributed by atoms with Crippen molar-refractivity contribution in [2.75, 3.05) is 23.5 Å². The van der Waals surface area contributed by atoms with Crippen molar-refractivity contribution in [3.05, 3.63) is 71.8 Å². The monoisotopic (exact) mass is 412 g/mol. The minimum absolute atomic E-state index is 0.143. The van der Waals surface area contributed by atoms with E-state index in [0.29, 0.717) is 27.8 Å². The summed E-state index contributed by atoms with van der Waals surface area (Å²) in [6, 6.07) is 12.1. The highest BCUT2D eigenvalue weighted by Gasteiger charge is 2.12. The molecule has 0 aliphatic heterocycles. The fourth-order valence-corrected chi connectivity index (χ4v) is 3.35. The molecule has 0 spiro atoms. The van der Waals surface area contributed by atoms with Crippen molar-refractivity contribution >= 4 is 29.2 Å². The fourth-order valence-electron chi connectivity index (χ4n) is 2.61. The quantitative estimate of drug-likeness (QED) is 0.538. The first kappa shape index (κ1) is 20.6. The van der Waals surface area contributed by atoms with E-state index in [1.54, 1.807) is 37.7 Å². The van der Waals surface area contributed by atoms with Gasteiger partial charge in [-0.05, 0) is 30.7 Å². The zero-order valence-electron chi connectivity index (χ0n) is 16.1. The van der Waals surface area contributed by atoms with Crippen LogP contribution in [0.1, 0.15) is 11.1 Å². The number of ether oxygens (including phenoxy) is 1. The summed E-state index contributed by atoms with van der Waals surface area (Å²) in [6.07, 6.45) is 3.10. The number of thioether (sulfide) groups is 1. The van der Waals surface area contributed by atoms with Gasteiger partial charge in [0.25, 0.3) is 0 Å². The van der Waals surface area contributed by atoms with Crippen LogP contribution >= 0.6 is 11.8 Å². The van der Waals surface area contributed by atoms with Crippen molar-refractivity contribution in [2.24, 2.45) is 0 Å². The van der Waals surface area contributed by atoms with E-state index in [9.17, 15) is 9.18 Å². The number of nitrogens with zero attached hydrogens (tertiary/aromatic N) is 2. The molecule has 29 heavy (non-hydrogen) atoms. The second-order valence-corrected chi connectivity index (χ2v) is 7.16. The minimum Gasteiger partial charge on any atom is -0.495 e. The lowest BCUT2D eigenvalue weighted by atomic mass is 10.2. The van der Waals surface area contributed by atoms with Crippen molar-refractivity contribution in [3.8, 4) is 5.75 Å². The van der Waals surface area contributed by atoms with Gasteiger partial charge < -0.3 is 15.4 Å². The van der Waals surface area contributed by atoms with Crippen LogP contribution in [0.25, 0.3) is 0 Å². The third-order valence-corrected chi connectivity index (χ3v) is 5.02. The summed E-state index contributed by atoms with van der Waals surface area (Å²) in [5, 5.41) is 6.50. The molecule has 0 saturated carbocycles. The van der Waals surface area contributed by atoms with Crippen LogP contribution in [0, 0.1) is 12.7 Å². The molecule has 150 valence electrons. The summed E-state index contributed by atoms with van der Waals surface area (Å²) in [7, 11) is 1.56. The smallest absolute Gasteiger partial charge is 0.234 e. The van der Waals surface area contributed by atoms with Crippen LogP contribution in [0.5, 0.6) is 5.75 Å². The summed E-state index contributed by atoms with van der Waals surface area (Å²) in [5.41, 5.74) is 2.16. The largest absolute Gasteiger partial charge is 0.495 e. The molecule has 0 aliphatic rings. The molecule has 3 rings (SSSR count). The average molecular weight is 412 g/mol. The lowest BCUT2D eigenvalue weighted by Crippen LogP contribution is -2.15. The number of hydrogen-bond acceptors (Lipinski definition) is 6. The number of hydrogen-bond donors (Lipinski definition) is 2. The second kappa shape index (κ2) is 9.88. The maximum Gasteiger partial charge on any atom is 0.234 e. The molecule has 3 aromatic rings. The Morgan fingerprint density at radius 1 is 1.17 bits per heavy atom. The number of carbonyl (C=O) groups is 1. The Bertz CT molecular complexity index is 1000. The highest BCUT2D eigenvalue weighted by atomic mass is 32.2. The lowest BCUT2D eigenvalue weighted by Gasteiger charge is -2.12. The standard InChI is InChI=1S/C21H21FN4O2S/c1-14-7-8-18(28-2)17(11-14)26-19(27)13-29-21-20(23-9-10-24-21)25-12-15-5-3-4-6-16(15)22/h3-11H,12-13H2,1-2H3,(H,23,25)(H,26,27). The van der Waals surface area contributed by atoms with Crippen LogP contribution in [-0.2, 0) is 11.3 Å². The van der Waals surface area contributed by atoms with Gasteiger partial charge in [0.05, 0.1) is 18.6 Å². The number of benzene rings is 2. The summed E-state index contributed by atoms with van der Waals surface area (Å²) in [4.78, 5) is 20.9. The lowest BCUT2D eigenvalue weighted by molar-refractivity contribution is -0.113. The first-order chi connectivity index (χ1) is 14.1. The predicted octanol–water partition coefficient (Wildman–Crippen LogP) is 4.28. The highest BCUT2D eigenvalue weighted by molar-refractivity contribution is 8.00. The zero-order valence-corrected chi connectivity index (χ0v) is 16.9. The van der Waals surface area contributed by atoms with Crippen LogP contribution in [0.15, 0.2) is 59.9 Å². The molecule has 1 aromatic heterocycles. The number of aromatic nitrogens is 2. The summed E-state index contributed by atoms with van der Waals surface area (Å²) in [6.45, 7) is 2.21. The number of nitrogens with one attached hydrogen (secondary N) is 2. The molecule has 8 heteroatoms. The molecule has 1 amide bonds. The molecule has 0 radical (unpaired) electrons. The maximum absolute atomic E-state index is 13.8. The molecule has 0 unspecified atom stereocenters. The first-order valence-electron chi connectivity index (χ1n) is 8.92. The van der Waals surface area contributed by atoms with Gasteiger partial charge in [-0.2, -0.15) is 0 Å². The Labute approximate surface area is 172 Å². The normalized spacial score (nSPS) is 10.4. The molecule has 0 fully saturated rings. The zero-order chi connectivity index (χ0) is 20.6. The Morgan fingerprint density at radius 3 is 2.76 bits per heavy atom. The minimum atomic E-state index is -0.287. The van der Waals surface area contributed by atoms with Crippen LogP contribution in [0.3, 0.4) is 0 Å². The van der Waals surface area contributed by atoms with Crippen LogP contribution in [0.4, 0.5) is 15.9 Å². The molecule has 0 aliphatic carbocycles. The van der Waals surface area contributed by atoms with E-state index in [-0.39, 0.29) is 24.0 Å². The summed E-state index contributed by atoms with van der Waals surface area (Å²) in [5.74, 6) is 0.765. The number of halogens is 1. The third-order valence-electron chi connectivity index (χ3n) is 4.04. The Morgan fingerprint density at radius 2 is 1.97 bits per heavy atom. The van der Waals surface area contributed by atoms with Gasteiger partial charge in [0.15, 0.2) is 5.82 Å². The van der Waals surface area contributed by atoms with Crippen molar-refractivity contribution in [1.29, 1.82) is 0 Å². The van der Waals surface area contributed by atoms with Gasteiger partial charge in [-0.15, -0.1) is 0 Å². The Balaban J connectivity index is 1.62. The van der Waals surface area contributed by atoms with Crippen LogP contribution < -0.4 is 15.4 Å². The molecular weight excluding hydrogens is 391 g/mol. The van der Waals surface area contributed by atoms with Crippen LogP contribution in [-0.4, -0.2) is 28.7 Å². The topological polar surface area (TPSA) is 76.1 Å². The average Bonchev–Trinajstić information content (AvgIpc) is 2.72. The van der Waals surface area contributed by atoms with Crippen molar-refractivity contribution in [1.82, 2.24) is 9.97 Å². The van der Waals surface area contributed by atoms with Gasteiger partial charge in [-0.1, -0.05) is 36.0 Å². The maximum atomic E-state index is 13.8. The van der Waals surface area contributed by atoms with Gasteiger partial charge in [-0.3, -0.25) is 4.79 Å². The number of methoxy groups -OCH3 is 1. The van der Waals surface area contributed by atoms with E-state index in [1.165, 1.54) is 17.8 Å². The Hall–Kier alpha value is -3.13. The van der Waals surface area contributed by atoms with Gasteiger partial charge in [0.2, 0.25) is 5.91 Å². The van der Waals surface area contributed by atoms with Gasteiger partial charge in [-0.25, -0.2) is 14.4 Å². The van der Waals surface area contributed by atoms with E-state index in [2.05, 4.69) is 20.6 Å². The summed E-state index contributed by atoms with van der Waals surface area (Å²) >= 11 is 1.25. The van der Waals surface area contributed by atoms with E-state index in [4.69, 9.17) is 4.74 Å². The highest BCUT2D eigenvalue weighted by Crippen LogP contribution is 2.27. The molecule has 2 aromatic carbocycles. The van der Waals surface area contributed by atoms with Crippen LogP contribution in [0.2, 0.25) is 0 Å². The molecule has 2 N–H and O–H groups in total. The molecule has 1 heterocycles. The van der Waals surface area contributed by atoms with Gasteiger partial charge >= 0.3 is 0 Å². The predicted molar refractivity (Wildman–Crippen MR) is 113 cm³/mol. The van der Waals surface area contributed by atoms with Gasteiger partial charge in [0, 0.05) is 24.5 Å².